The van der Waals surface area contributed by atoms with Gasteiger partial charge in [-0.2, -0.15) is 10.2 Å². The van der Waals surface area contributed by atoms with E-state index in [-0.39, 0.29) is 5.76 Å². The van der Waals surface area contributed by atoms with E-state index in [0.29, 0.717) is 17.8 Å². The summed E-state index contributed by atoms with van der Waals surface area (Å²) < 4.78 is 11.1. The van der Waals surface area contributed by atoms with Crippen molar-refractivity contribution in [3.05, 3.63) is 46.7 Å². The first kappa shape index (κ1) is 15.9. The van der Waals surface area contributed by atoms with Gasteiger partial charge in [-0.05, 0) is 6.07 Å². The summed E-state index contributed by atoms with van der Waals surface area (Å²) in [7, 11) is 1.21. The summed E-state index contributed by atoms with van der Waals surface area (Å²) >= 11 is 0. The van der Waals surface area contributed by atoms with Crippen molar-refractivity contribution in [3.8, 4) is 11.5 Å². The number of carbonyl (C=O) groups is 1. The van der Waals surface area contributed by atoms with E-state index >= 15 is 0 Å². The van der Waals surface area contributed by atoms with Crippen molar-refractivity contribution in [3.63, 3.8) is 0 Å². The molecule has 10 nitrogen and oxygen atoms in total. The van der Waals surface area contributed by atoms with E-state index in [4.69, 9.17) is 4.42 Å². The van der Waals surface area contributed by atoms with Crippen LogP contribution in [-0.2, 0) is 11.3 Å². The zero-order chi connectivity index (χ0) is 16.8. The fourth-order valence-electron chi connectivity index (χ4n) is 1.70. The Labute approximate surface area is 130 Å². The normalized spacial score (nSPS) is 10.7. The number of allylic oxidation sites excluding steroid dienone is 1. The molecule has 0 spiro atoms. The molecular formula is C13H13N5O5. The minimum absolute atomic E-state index is 0.207. The Morgan fingerprint density at radius 3 is 3.04 bits per heavy atom. The van der Waals surface area contributed by atoms with Crippen LogP contribution in [0, 0.1) is 10.1 Å². The second kappa shape index (κ2) is 7.02. The molecular weight excluding hydrogens is 306 g/mol. The van der Waals surface area contributed by atoms with E-state index < -0.39 is 16.9 Å². The molecule has 2 heterocycles. The summed E-state index contributed by atoms with van der Waals surface area (Å²) in [6.45, 7) is 4.04. The molecule has 0 saturated heterocycles. The first-order valence-corrected chi connectivity index (χ1v) is 6.35. The number of furan rings is 1. The lowest BCUT2D eigenvalue weighted by atomic mass is 10.2. The molecule has 0 bridgehead atoms. The zero-order valence-corrected chi connectivity index (χ0v) is 12.1. The smallest absolute Gasteiger partial charge is 0.433 e. The Kier molecular flexibility index (Phi) is 4.87. The van der Waals surface area contributed by atoms with E-state index in [1.807, 2.05) is 0 Å². The third-order valence-corrected chi connectivity index (χ3v) is 2.66. The van der Waals surface area contributed by atoms with Crippen LogP contribution in [0.3, 0.4) is 0 Å². The number of aromatic nitrogens is 2. The number of amides is 1. The fourth-order valence-corrected chi connectivity index (χ4v) is 1.70. The second-order valence-corrected chi connectivity index (χ2v) is 4.20. The van der Waals surface area contributed by atoms with Crippen LogP contribution in [0.5, 0.6) is 0 Å². The Bertz CT molecular complexity index is 761. The molecule has 0 aromatic carbocycles. The van der Waals surface area contributed by atoms with Gasteiger partial charge in [0.05, 0.1) is 25.9 Å². The first-order chi connectivity index (χ1) is 11.0. The molecule has 2 aromatic rings. The molecule has 0 aliphatic heterocycles. The van der Waals surface area contributed by atoms with Gasteiger partial charge in [0.2, 0.25) is 0 Å². The number of methoxy groups -OCH3 is 1. The summed E-state index contributed by atoms with van der Waals surface area (Å²) in [4.78, 5) is 21.0. The van der Waals surface area contributed by atoms with Crippen molar-refractivity contribution in [2.24, 2.45) is 5.10 Å². The minimum atomic E-state index is -0.727. The van der Waals surface area contributed by atoms with Gasteiger partial charge in [0.1, 0.15) is 10.6 Å². The molecule has 0 aliphatic carbocycles. The van der Waals surface area contributed by atoms with E-state index in [9.17, 15) is 14.9 Å². The number of nitro groups is 1. The fraction of sp³-hybridized carbons (Fsp3) is 0.154. The molecule has 1 N–H and O–H groups in total. The molecule has 23 heavy (non-hydrogen) atoms. The third kappa shape index (κ3) is 3.81. The Hall–Kier alpha value is -3.43. The van der Waals surface area contributed by atoms with Gasteiger partial charge in [-0.3, -0.25) is 14.8 Å². The number of ether oxygens (including phenoxy) is 1. The number of rotatable bonds is 6. The molecule has 2 rings (SSSR count). The van der Waals surface area contributed by atoms with E-state index in [2.05, 4.69) is 26.9 Å². The molecule has 0 atom stereocenters. The summed E-state index contributed by atoms with van der Waals surface area (Å²) in [5.41, 5.74) is 2.97. The highest BCUT2D eigenvalue weighted by atomic mass is 16.6. The lowest BCUT2D eigenvalue weighted by molar-refractivity contribution is -0.401. The monoisotopic (exact) mass is 319 g/mol. The van der Waals surface area contributed by atoms with Crippen LogP contribution < -0.4 is 5.43 Å². The van der Waals surface area contributed by atoms with Gasteiger partial charge >= 0.3 is 12.0 Å². The standard InChI is InChI=1S/C13H13N5O5/c1-3-6-17-8-9(7-14-15-13(19)22-2)12(16-17)10-4-5-11(23-10)18(20)21/h3-5,7-8H,1,6H2,2H3,(H,15,19)/b14-7+. The summed E-state index contributed by atoms with van der Waals surface area (Å²) in [5.74, 6) is -0.187. The van der Waals surface area contributed by atoms with Crippen molar-refractivity contribution < 1.29 is 18.9 Å². The lowest BCUT2D eigenvalue weighted by Gasteiger charge is -1.95. The van der Waals surface area contributed by atoms with Crippen LogP contribution in [0.25, 0.3) is 11.5 Å². The van der Waals surface area contributed by atoms with E-state index in [0.717, 1.165) is 0 Å². The number of hydrazone groups is 1. The molecule has 120 valence electrons. The topological polar surface area (TPSA) is 125 Å². The zero-order valence-electron chi connectivity index (χ0n) is 12.1. The molecule has 0 fully saturated rings. The van der Waals surface area contributed by atoms with Crippen LogP contribution in [-0.4, -0.2) is 34.1 Å². The second-order valence-electron chi connectivity index (χ2n) is 4.20. The maximum atomic E-state index is 11.0. The highest BCUT2D eigenvalue weighted by Gasteiger charge is 2.18. The number of nitrogens with one attached hydrogen (secondary N) is 1. The van der Waals surface area contributed by atoms with Gasteiger partial charge in [-0.1, -0.05) is 6.08 Å². The predicted octanol–water partition coefficient (Wildman–Crippen LogP) is 1.93. The van der Waals surface area contributed by atoms with Crippen molar-refractivity contribution in [1.29, 1.82) is 0 Å². The van der Waals surface area contributed by atoms with Gasteiger partial charge in [-0.25, -0.2) is 10.2 Å². The van der Waals surface area contributed by atoms with Crippen molar-refractivity contribution in [2.45, 2.75) is 6.54 Å². The molecule has 0 saturated carbocycles. The highest BCUT2D eigenvalue weighted by Crippen LogP contribution is 2.26. The summed E-state index contributed by atoms with van der Waals surface area (Å²) in [6.07, 6.45) is 3.87. The third-order valence-electron chi connectivity index (χ3n) is 2.66. The average Bonchev–Trinajstić information content (AvgIpc) is 3.14. The Balaban J connectivity index is 2.33. The number of hydrogen-bond acceptors (Lipinski definition) is 7. The predicted molar refractivity (Wildman–Crippen MR) is 79.9 cm³/mol. The van der Waals surface area contributed by atoms with E-state index in [1.165, 1.54) is 25.5 Å². The van der Waals surface area contributed by atoms with Crippen LogP contribution >= 0.6 is 0 Å². The highest BCUT2D eigenvalue weighted by molar-refractivity contribution is 5.88. The van der Waals surface area contributed by atoms with Gasteiger partial charge in [0.15, 0.2) is 5.76 Å². The Morgan fingerprint density at radius 1 is 1.65 bits per heavy atom. The van der Waals surface area contributed by atoms with Crippen molar-refractivity contribution in [1.82, 2.24) is 15.2 Å². The van der Waals surface area contributed by atoms with Crippen LogP contribution in [0.1, 0.15) is 5.56 Å². The first-order valence-electron chi connectivity index (χ1n) is 6.35. The van der Waals surface area contributed by atoms with E-state index in [1.54, 1.807) is 17.0 Å². The van der Waals surface area contributed by atoms with Crippen molar-refractivity contribution in [2.75, 3.05) is 7.11 Å². The largest absolute Gasteiger partial charge is 0.452 e. The molecule has 0 aliphatic rings. The number of hydrogen-bond donors (Lipinski definition) is 1. The minimum Gasteiger partial charge on any atom is -0.452 e. The van der Waals surface area contributed by atoms with Gasteiger partial charge < -0.3 is 9.15 Å². The van der Waals surface area contributed by atoms with Crippen LogP contribution in [0.4, 0.5) is 10.7 Å². The number of carbonyl (C=O) groups excluding carboxylic acids is 1. The average molecular weight is 319 g/mol. The molecule has 2 aromatic heterocycles. The summed E-state index contributed by atoms with van der Waals surface area (Å²) in [5, 5.41) is 18.7. The maximum Gasteiger partial charge on any atom is 0.433 e. The maximum absolute atomic E-state index is 11.0. The molecule has 10 heteroatoms. The lowest BCUT2D eigenvalue weighted by Crippen LogP contribution is -2.16. The molecule has 0 radical (unpaired) electrons. The summed E-state index contributed by atoms with van der Waals surface area (Å²) in [6, 6.07) is 2.67. The van der Waals surface area contributed by atoms with Gasteiger partial charge in [-0.15, -0.1) is 6.58 Å². The molecule has 1 amide bonds. The Morgan fingerprint density at radius 2 is 2.43 bits per heavy atom. The van der Waals surface area contributed by atoms with Gasteiger partial charge in [0.25, 0.3) is 0 Å². The van der Waals surface area contributed by atoms with Crippen LogP contribution in [0.15, 0.2) is 40.5 Å². The SMILES string of the molecule is C=CCn1cc(/C=N/NC(=O)OC)c(-c2ccc([N+](=O)[O-])o2)n1. The number of nitrogens with zero attached hydrogens (tertiary/aromatic N) is 4. The molecule has 0 unspecified atom stereocenters. The van der Waals surface area contributed by atoms with Gasteiger partial charge in [0, 0.05) is 11.8 Å². The quantitative estimate of drug-likeness (QED) is 0.375. The van der Waals surface area contributed by atoms with Crippen LogP contribution in [0.2, 0.25) is 0 Å². The van der Waals surface area contributed by atoms with Crippen molar-refractivity contribution >= 4 is 18.2 Å².